The first-order chi connectivity index (χ1) is 9.66. The number of nitrogens with two attached hydrogens (primary N) is 1. The van der Waals surface area contributed by atoms with Gasteiger partial charge < -0.3 is 10.5 Å². The molecule has 0 amide bonds. The summed E-state index contributed by atoms with van der Waals surface area (Å²) in [6, 6.07) is 14.6. The van der Waals surface area contributed by atoms with Crippen molar-refractivity contribution in [2.75, 3.05) is 18.1 Å². The molecule has 0 aliphatic heterocycles. The third-order valence-corrected chi connectivity index (χ3v) is 4.46. The molecule has 20 heavy (non-hydrogen) atoms. The van der Waals surface area contributed by atoms with Gasteiger partial charge in [-0.15, -0.1) is 0 Å². The zero-order chi connectivity index (χ0) is 14.4. The maximum Gasteiger partial charge on any atom is 0.119 e. The topological polar surface area (TPSA) is 52.3 Å². The number of hydrogen-bond donors (Lipinski definition) is 1. The highest BCUT2D eigenvalue weighted by molar-refractivity contribution is 7.85. The molecule has 0 spiro atoms. The van der Waals surface area contributed by atoms with Crippen LogP contribution in [0, 0.1) is 0 Å². The number of anilines is 1. The van der Waals surface area contributed by atoms with Gasteiger partial charge >= 0.3 is 0 Å². The fourth-order valence-corrected chi connectivity index (χ4v) is 3.06. The molecule has 0 aromatic heterocycles. The molecule has 0 aliphatic carbocycles. The van der Waals surface area contributed by atoms with Crippen LogP contribution in [0.5, 0.6) is 5.75 Å². The third kappa shape index (κ3) is 4.25. The largest absolute Gasteiger partial charge is 0.494 e. The van der Waals surface area contributed by atoms with Gasteiger partial charge in [0.2, 0.25) is 0 Å². The minimum atomic E-state index is -1.12. The molecule has 0 bridgehead atoms. The van der Waals surface area contributed by atoms with Gasteiger partial charge in [-0.05, 0) is 36.8 Å². The van der Waals surface area contributed by atoms with Crippen LogP contribution in [-0.4, -0.2) is 16.6 Å². The SMILES string of the molecule is Nc1cc(Cl)ccc1S(=O)CCCOc1ccccc1. The van der Waals surface area contributed by atoms with Crippen molar-refractivity contribution in [3.63, 3.8) is 0 Å². The predicted molar refractivity (Wildman–Crippen MR) is 83.7 cm³/mol. The maximum atomic E-state index is 12.1. The summed E-state index contributed by atoms with van der Waals surface area (Å²) in [5, 5.41) is 0.552. The summed E-state index contributed by atoms with van der Waals surface area (Å²) >= 11 is 5.82. The van der Waals surface area contributed by atoms with Crippen molar-refractivity contribution in [2.24, 2.45) is 0 Å². The second-order valence-electron chi connectivity index (χ2n) is 4.25. The average molecular weight is 310 g/mol. The molecule has 1 atom stereocenters. The Morgan fingerprint density at radius 2 is 1.90 bits per heavy atom. The van der Waals surface area contributed by atoms with Crippen molar-refractivity contribution in [2.45, 2.75) is 11.3 Å². The molecule has 106 valence electrons. The van der Waals surface area contributed by atoms with E-state index in [0.29, 0.717) is 34.4 Å². The van der Waals surface area contributed by atoms with Gasteiger partial charge in [0.1, 0.15) is 5.75 Å². The van der Waals surface area contributed by atoms with Crippen molar-refractivity contribution in [3.8, 4) is 5.75 Å². The molecule has 0 saturated carbocycles. The lowest BCUT2D eigenvalue weighted by atomic mass is 10.3. The summed E-state index contributed by atoms with van der Waals surface area (Å²) in [5.41, 5.74) is 6.28. The van der Waals surface area contributed by atoms with Crippen molar-refractivity contribution in [1.29, 1.82) is 0 Å². The highest BCUT2D eigenvalue weighted by Gasteiger charge is 2.08. The fraction of sp³-hybridized carbons (Fsp3) is 0.200. The number of hydrogen-bond acceptors (Lipinski definition) is 3. The fourth-order valence-electron chi connectivity index (χ4n) is 1.73. The summed E-state index contributed by atoms with van der Waals surface area (Å²) in [4.78, 5) is 0.633. The Hall–Kier alpha value is -1.52. The number of para-hydroxylation sites is 1. The molecular formula is C15H16ClNO2S. The summed E-state index contributed by atoms with van der Waals surface area (Å²) in [6.45, 7) is 0.531. The second-order valence-corrected chi connectivity index (χ2v) is 6.22. The molecule has 0 aliphatic rings. The van der Waals surface area contributed by atoms with E-state index in [0.717, 1.165) is 5.75 Å². The number of ether oxygens (including phenoxy) is 1. The van der Waals surface area contributed by atoms with Crippen molar-refractivity contribution >= 4 is 28.1 Å². The van der Waals surface area contributed by atoms with Crippen LogP contribution in [0.15, 0.2) is 53.4 Å². The van der Waals surface area contributed by atoms with Crippen LogP contribution in [0.1, 0.15) is 6.42 Å². The van der Waals surface area contributed by atoms with Gasteiger partial charge in [0, 0.05) is 16.5 Å². The Morgan fingerprint density at radius 3 is 2.60 bits per heavy atom. The van der Waals surface area contributed by atoms with Crippen molar-refractivity contribution in [1.82, 2.24) is 0 Å². The van der Waals surface area contributed by atoms with E-state index in [1.54, 1.807) is 18.2 Å². The summed E-state index contributed by atoms with van der Waals surface area (Å²) in [6.07, 6.45) is 0.698. The monoisotopic (exact) mass is 309 g/mol. The van der Waals surface area contributed by atoms with Gasteiger partial charge in [0.25, 0.3) is 0 Å². The molecule has 0 heterocycles. The Kier molecular flexibility index (Phi) is 5.44. The van der Waals surface area contributed by atoms with E-state index >= 15 is 0 Å². The second kappa shape index (κ2) is 7.31. The van der Waals surface area contributed by atoms with E-state index in [2.05, 4.69) is 0 Å². The predicted octanol–water partition coefficient (Wildman–Crippen LogP) is 3.50. The Morgan fingerprint density at radius 1 is 1.15 bits per heavy atom. The molecular weight excluding hydrogens is 294 g/mol. The van der Waals surface area contributed by atoms with Gasteiger partial charge in [-0.25, -0.2) is 0 Å². The van der Waals surface area contributed by atoms with Crippen LogP contribution in [0.4, 0.5) is 5.69 Å². The van der Waals surface area contributed by atoms with Gasteiger partial charge in [0.05, 0.1) is 22.3 Å². The summed E-state index contributed by atoms with van der Waals surface area (Å²) < 4.78 is 17.7. The van der Waals surface area contributed by atoms with Gasteiger partial charge in [-0.2, -0.15) is 0 Å². The smallest absolute Gasteiger partial charge is 0.119 e. The van der Waals surface area contributed by atoms with E-state index in [1.807, 2.05) is 30.3 Å². The summed E-state index contributed by atoms with van der Waals surface area (Å²) in [5.74, 6) is 1.34. The van der Waals surface area contributed by atoms with Crippen LogP contribution in [-0.2, 0) is 10.8 Å². The zero-order valence-electron chi connectivity index (χ0n) is 10.9. The van der Waals surface area contributed by atoms with E-state index in [9.17, 15) is 4.21 Å². The first-order valence-corrected chi connectivity index (χ1v) is 7.98. The lowest BCUT2D eigenvalue weighted by Gasteiger charge is -2.07. The summed E-state index contributed by atoms with van der Waals surface area (Å²) in [7, 11) is -1.12. The van der Waals surface area contributed by atoms with Crippen LogP contribution in [0.25, 0.3) is 0 Å². The Labute approximate surface area is 126 Å². The molecule has 0 radical (unpaired) electrons. The van der Waals surface area contributed by atoms with E-state index < -0.39 is 10.8 Å². The van der Waals surface area contributed by atoms with Crippen molar-refractivity contribution < 1.29 is 8.95 Å². The zero-order valence-corrected chi connectivity index (χ0v) is 12.5. The molecule has 2 aromatic rings. The van der Waals surface area contributed by atoms with Crippen LogP contribution >= 0.6 is 11.6 Å². The lowest BCUT2D eigenvalue weighted by Crippen LogP contribution is -2.06. The van der Waals surface area contributed by atoms with Crippen molar-refractivity contribution in [3.05, 3.63) is 53.6 Å². The third-order valence-electron chi connectivity index (χ3n) is 2.70. The van der Waals surface area contributed by atoms with Gasteiger partial charge in [-0.3, -0.25) is 4.21 Å². The minimum Gasteiger partial charge on any atom is -0.494 e. The molecule has 1 unspecified atom stereocenters. The Bertz CT molecular complexity index is 590. The molecule has 3 nitrogen and oxygen atoms in total. The van der Waals surface area contributed by atoms with E-state index in [-0.39, 0.29) is 0 Å². The highest BCUT2D eigenvalue weighted by atomic mass is 35.5. The maximum absolute atomic E-state index is 12.1. The van der Waals surface area contributed by atoms with Crippen LogP contribution < -0.4 is 10.5 Å². The Balaban J connectivity index is 1.80. The number of benzene rings is 2. The van der Waals surface area contributed by atoms with E-state index in [1.165, 1.54) is 0 Å². The first kappa shape index (κ1) is 14.9. The highest BCUT2D eigenvalue weighted by Crippen LogP contribution is 2.21. The molecule has 2 rings (SSSR count). The quantitative estimate of drug-likeness (QED) is 0.656. The van der Waals surface area contributed by atoms with Gasteiger partial charge in [0.15, 0.2) is 0 Å². The minimum absolute atomic E-state index is 0.472. The first-order valence-electron chi connectivity index (χ1n) is 6.28. The molecule has 0 saturated heterocycles. The number of rotatable bonds is 6. The molecule has 2 N–H and O–H groups in total. The number of nitrogen functional groups attached to an aromatic ring is 1. The normalized spacial score (nSPS) is 12.1. The molecule has 5 heteroatoms. The van der Waals surface area contributed by atoms with Crippen LogP contribution in [0.2, 0.25) is 5.02 Å². The molecule has 2 aromatic carbocycles. The standard InChI is InChI=1S/C15H16ClNO2S/c16-12-7-8-15(14(17)11-12)20(18)10-4-9-19-13-5-2-1-3-6-13/h1-3,5-8,11H,4,9-10,17H2. The average Bonchev–Trinajstić information content (AvgIpc) is 2.44. The number of halogens is 1. The lowest BCUT2D eigenvalue weighted by molar-refractivity contribution is 0.318. The van der Waals surface area contributed by atoms with Gasteiger partial charge in [-0.1, -0.05) is 29.8 Å². The molecule has 0 fully saturated rings. The van der Waals surface area contributed by atoms with E-state index in [4.69, 9.17) is 22.1 Å². The van der Waals surface area contributed by atoms with Crippen LogP contribution in [0.3, 0.4) is 0 Å².